The average molecular weight is 306 g/mol. The summed E-state index contributed by atoms with van der Waals surface area (Å²) < 4.78 is 5.24. The van der Waals surface area contributed by atoms with Crippen molar-refractivity contribution in [2.75, 3.05) is 20.2 Å². The zero-order valence-corrected chi connectivity index (χ0v) is 14.3. The van der Waals surface area contributed by atoms with Gasteiger partial charge in [-0.25, -0.2) is 0 Å². The van der Waals surface area contributed by atoms with Crippen LogP contribution in [0.2, 0.25) is 0 Å². The number of rotatable bonds is 9. The summed E-state index contributed by atoms with van der Waals surface area (Å²) in [4.78, 5) is 14.5. The molecule has 124 valence electrons. The van der Waals surface area contributed by atoms with Crippen molar-refractivity contribution in [2.24, 2.45) is 5.73 Å². The topological polar surface area (TPSA) is 55.6 Å². The molecule has 0 spiro atoms. The van der Waals surface area contributed by atoms with Gasteiger partial charge in [0.25, 0.3) is 0 Å². The number of carbonyl (C=O) groups is 1. The molecule has 2 N–H and O–H groups in total. The molecule has 4 heteroatoms. The van der Waals surface area contributed by atoms with Crippen molar-refractivity contribution in [3.63, 3.8) is 0 Å². The quantitative estimate of drug-likeness (QED) is 0.763. The molecule has 0 aliphatic carbocycles. The van der Waals surface area contributed by atoms with E-state index in [1.54, 1.807) is 7.11 Å². The first-order valence-electron chi connectivity index (χ1n) is 8.13. The van der Waals surface area contributed by atoms with Gasteiger partial charge >= 0.3 is 0 Å². The van der Waals surface area contributed by atoms with Gasteiger partial charge < -0.3 is 15.4 Å². The number of amides is 1. The fourth-order valence-electron chi connectivity index (χ4n) is 2.68. The van der Waals surface area contributed by atoms with Gasteiger partial charge in [0.2, 0.25) is 5.91 Å². The molecule has 0 heterocycles. The number of aryl methyl sites for hydroxylation is 1. The number of methoxy groups -OCH3 is 1. The number of nitrogens with zero attached hydrogens (tertiary/aromatic N) is 1. The second-order valence-electron chi connectivity index (χ2n) is 5.73. The number of likely N-dealkylation sites (N-methyl/N-ethyl adjacent to an activating group) is 1. The fraction of sp³-hybridized carbons (Fsp3) is 0.611. The highest BCUT2D eigenvalue weighted by molar-refractivity contribution is 5.77. The van der Waals surface area contributed by atoms with Gasteiger partial charge in [-0.05, 0) is 32.3 Å². The molecule has 4 nitrogen and oxygen atoms in total. The minimum absolute atomic E-state index is 0.124. The Morgan fingerprint density at radius 3 is 2.36 bits per heavy atom. The number of hydrogen-bond donors (Lipinski definition) is 1. The Morgan fingerprint density at radius 2 is 1.91 bits per heavy atom. The molecule has 22 heavy (non-hydrogen) atoms. The molecule has 0 aliphatic rings. The van der Waals surface area contributed by atoms with Crippen LogP contribution in [0, 0.1) is 6.92 Å². The normalized spacial score (nSPS) is 13.7. The minimum Gasteiger partial charge on any atom is -0.380 e. The minimum atomic E-state index is -0.196. The summed E-state index contributed by atoms with van der Waals surface area (Å²) in [5, 5.41) is 0. The van der Waals surface area contributed by atoms with E-state index in [0.717, 1.165) is 12.8 Å². The van der Waals surface area contributed by atoms with Crippen molar-refractivity contribution in [1.29, 1.82) is 0 Å². The molecule has 0 bridgehead atoms. The molecular weight excluding hydrogens is 276 g/mol. The van der Waals surface area contributed by atoms with Gasteiger partial charge in [-0.1, -0.05) is 36.8 Å². The lowest BCUT2D eigenvalue weighted by atomic mass is 10.0. The van der Waals surface area contributed by atoms with Crippen molar-refractivity contribution < 1.29 is 9.53 Å². The first-order chi connectivity index (χ1) is 10.5. The molecule has 1 amide bonds. The predicted octanol–water partition coefficient (Wildman–Crippen LogP) is 2.53. The van der Waals surface area contributed by atoms with Crippen LogP contribution in [0.25, 0.3) is 0 Å². The standard InChI is InChI=1S/C18H30N2O2/c1-5-16(11-15-9-7-14(3)8-10-15)20(6-2)18(21)12-17(13-19)22-4/h7-10,16-17H,5-6,11-13,19H2,1-4H3. The molecular formula is C18H30N2O2. The van der Waals surface area contributed by atoms with Crippen molar-refractivity contribution in [2.45, 2.75) is 52.2 Å². The predicted molar refractivity (Wildman–Crippen MR) is 90.8 cm³/mol. The van der Waals surface area contributed by atoms with E-state index >= 15 is 0 Å². The summed E-state index contributed by atoms with van der Waals surface area (Å²) in [5.74, 6) is 0.124. The molecule has 0 saturated heterocycles. The van der Waals surface area contributed by atoms with Crippen LogP contribution in [0.4, 0.5) is 0 Å². The van der Waals surface area contributed by atoms with Crippen LogP contribution in [0.5, 0.6) is 0 Å². The Hall–Kier alpha value is -1.39. The van der Waals surface area contributed by atoms with Crippen molar-refractivity contribution in [3.8, 4) is 0 Å². The van der Waals surface area contributed by atoms with Crippen LogP contribution in [0.1, 0.15) is 37.8 Å². The maximum Gasteiger partial charge on any atom is 0.225 e. The van der Waals surface area contributed by atoms with Gasteiger partial charge in [0, 0.05) is 26.2 Å². The van der Waals surface area contributed by atoms with Crippen molar-refractivity contribution >= 4 is 5.91 Å². The summed E-state index contributed by atoms with van der Waals surface area (Å²) in [6.07, 6.45) is 1.98. The van der Waals surface area contributed by atoms with E-state index in [4.69, 9.17) is 10.5 Å². The molecule has 0 radical (unpaired) electrons. The second-order valence-corrected chi connectivity index (χ2v) is 5.73. The van der Waals surface area contributed by atoms with Gasteiger partial charge in [0.1, 0.15) is 0 Å². The highest BCUT2D eigenvalue weighted by Crippen LogP contribution is 2.15. The Balaban J connectivity index is 2.75. The third-order valence-corrected chi connectivity index (χ3v) is 4.16. The zero-order chi connectivity index (χ0) is 16.5. The molecule has 0 fully saturated rings. The molecule has 2 atom stereocenters. The van der Waals surface area contributed by atoms with Gasteiger partial charge in [-0.15, -0.1) is 0 Å². The largest absolute Gasteiger partial charge is 0.380 e. The Bertz CT molecular complexity index is 441. The van der Waals surface area contributed by atoms with E-state index in [-0.39, 0.29) is 18.1 Å². The van der Waals surface area contributed by atoms with E-state index in [9.17, 15) is 4.79 Å². The molecule has 0 saturated carbocycles. The second kappa shape index (κ2) is 9.59. The van der Waals surface area contributed by atoms with Crippen molar-refractivity contribution in [3.05, 3.63) is 35.4 Å². The summed E-state index contributed by atoms with van der Waals surface area (Å²) >= 11 is 0. The molecule has 0 aliphatic heterocycles. The van der Waals surface area contributed by atoms with Crippen LogP contribution in [0.3, 0.4) is 0 Å². The van der Waals surface area contributed by atoms with E-state index in [1.165, 1.54) is 11.1 Å². The van der Waals surface area contributed by atoms with Crippen LogP contribution in [0.15, 0.2) is 24.3 Å². The third kappa shape index (κ3) is 5.43. The van der Waals surface area contributed by atoms with Crippen LogP contribution >= 0.6 is 0 Å². The smallest absolute Gasteiger partial charge is 0.225 e. The summed E-state index contributed by atoms with van der Waals surface area (Å²) in [7, 11) is 1.60. The number of ether oxygens (including phenoxy) is 1. The van der Waals surface area contributed by atoms with Gasteiger partial charge in [-0.3, -0.25) is 4.79 Å². The number of benzene rings is 1. The lowest BCUT2D eigenvalue weighted by Gasteiger charge is -2.31. The Morgan fingerprint density at radius 1 is 1.27 bits per heavy atom. The number of carbonyl (C=O) groups excluding carboxylic acids is 1. The first kappa shape index (κ1) is 18.7. The van der Waals surface area contributed by atoms with Crippen molar-refractivity contribution in [1.82, 2.24) is 4.90 Å². The first-order valence-corrected chi connectivity index (χ1v) is 8.13. The third-order valence-electron chi connectivity index (χ3n) is 4.16. The fourth-order valence-corrected chi connectivity index (χ4v) is 2.68. The summed E-state index contributed by atoms with van der Waals surface area (Å²) in [6.45, 7) is 7.32. The summed E-state index contributed by atoms with van der Waals surface area (Å²) in [5.41, 5.74) is 8.15. The van der Waals surface area contributed by atoms with Gasteiger partial charge in [-0.2, -0.15) is 0 Å². The molecule has 1 aromatic carbocycles. The van der Waals surface area contributed by atoms with Crippen LogP contribution < -0.4 is 5.73 Å². The van der Waals surface area contributed by atoms with Gasteiger partial charge in [0.05, 0.1) is 12.5 Å². The van der Waals surface area contributed by atoms with E-state index in [1.807, 2.05) is 11.8 Å². The summed E-state index contributed by atoms with van der Waals surface area (Å²) in [6, 6.07) is 8.75. The molecule has 1 aromatic rings. The lowest BCUT2D eigenvalue weighted by Crippen LogP contribution is -2.43. The Labute approximate surface area is 134 Å². The number of nitrogens with two attached hydrogens (primary N) is 1. The SMILES string of the molecule is CCC(Cc1ccc(C)cc1)N(CC)C(=O)CC(CN)OC. The molecule has 1 rings (SSSR count). The van der Waals surface area contributed by atoms with Crippen LogP contribution in [-0.2, 0) is 16.0 Å². The van der Waals surface area contributed by atoms with E-state index in [2.05, 4.69) is 38.1 Å². The molecule has 2 unspecified atom stereocenters. The number of hydrogen-bond acceptors (Lipinski definition) is 3. The highest BCUT2D eigenvalue weighted by Gasteiger charge is 2.23. The van der Waals surface area contributed by atoms with Gasteiger partial charge in [0.15, 0.2) is 0 Å². The van der Waals surface area contributed by atoms with E-state index < -0.39 is 0 Å². The van der Waals surface area contributed by atoms with Crippen LogP contribution in [-0.4, -0.2) is 43.2 Å². The average Bonchev–Trinajstić information content (AvgIpc) is 2.54. The zero-order valence-electron chi connectivity index (χ0n) is 14.3. The maximum atomic E-state index is 12.5. The maximum absolute atomic E-state index is 12.5. The highest BCUT2D eigenvalue weighted by atomic mass is 16.5. The lowest BCUT2D eigenvalue weighted by molar-refractivity contribution is -0.135. The molecule has 0 aromatic heterocycles. The van der Waals surface area contributed by atoms with E-state index in [0.29, 0.717) is 19.5 Å². The monoisotopic (exact) mass is 306 g/mol. The Kier molecular flexibility index (Phi) is 8.13.